The Morgan fingerprint density at radius 1 is 0.946 bits per heavy atom. The van der Waals surface area contributed by atoms with E-state index in [1.54, 1.807) is 7.11 Å². The minimum absolute atomic E-state index is 0.0997. The van der Waals surface area contributed by atoms with Crippen molar-refractivity contribution in [2.75, 3.05) is 20.5 Å². The zero-order chi connectivity index (χ0) is 25.3. The summed E-state index contributed by atoms with van der Waals surface area (Å²) in [5.41, 5.74) is 5.22. The highest BCUT2D eigenvalue weighted by Gasteiger charge is 2.54. The second-order valence-electron chi connectivity index (χ2n) is 9.46. The number of aromatic nitrogens is 2. The molecule has 9 heteroatoms. The van der Waals surface area contributed by atoms with Crippen molar-refractivity contribution >= 4 is 34.0 Å². The number of carbonyl (C=O) groups is 2. The smallest absolute Gasteiger partial charge is 0.310 e. The summed E-state index contributed by atoms with van der Waals surface area (Å²) in [6, 6.07) is 15.2. The minimum atomic E-state index is -0.652. The fourth-order valence-electron chi connectivity index (χ4n) is 5.89. The summed E-state index contributed by atoms with van der Waals surface area (Å²) in [6.07, 6.45) is -0.652. The van der Waals surface area contributed by atoms with E-state index in [0.29, 0.717) is 28.3 Å². The van der Waals surface area contributed by atoms with Crippen molar-refractivity contribution in [1.82, 2.24) is 9.97 Å². The summed E-state index contributed by atoms with van der Waals surface area (Å²) in [5.74, 6) is -0.410. The third kappa shape index (κ3) is 3.30. The molecule has 3 heterocycles. The summed E-state index contributed by atoms with van der Waals surface area (Å²) < 4.78 is 28.4. The molecule has 2 aliphatic heterocycles. The second kappa shape index (κ2) is 8.06. The Morgan fingerprint density at radius 2 is 1.68 bits per heavy atom. The number of para-hydroxylation sites is 2. The van der Waals surface area contributed by atoms with Crippen LogP contribution in [-0.4, -0.2) is 42.4 Å². The molecular formula is C28H22N2O7. The third-order valence-corrected chi connectivity index (χ3v) is 7.42. The Morgan fingerprint density at radius 3 is 2.41 bits per heavy atom. The predicted molar refractivity (Wildman–Crippen MR) is 130 cm³/mol. The zero-order valence-electron chi connectivity index (χ0n) is 20.1. The van der Waals surface area contributed by atoms with E-state index in [0.717, 1.165) is 27.7 Å². The number of cyclic esters (lactones) is 1. The van der Waals surface area contributed by atoms with Crippen molar-refractivity contribution in [2.45, 2.75) is 18.9 Å². The van der Waals surface area contributed by atoms with Crippen LogP contribution in [0.25, 0.3) is 22.1 Å². The number of methoxy groups -OCH3 is 1. The first kappa shape index (κ1) is 21.8. The molecule has 186 valence electrons. The quantitative estimate of drug-likeness (QED) is 0.305. The van der Waals surface area contributed by atoms with Gasteiger partial charge >= 0.3 is 11.9 Å². The van der Waals surface area contributed by atoms with Crippen LogP contribution in [0.2, 0.25) is 0 Å². The molecule has 1 aromatic heterocycles. The van der Waals surface area contributed by atoms with Crippen LogP contribution in [0.15, 0.2) is 48.5 Å². The van der Waals surface area contributed by atoms with Gasteiger partial charge < -0.3 is 23.7 Å². The molecule has 0 spiro atoms. The van der Waals surface area contributed by atoms with Gasteiger partial charge in [0.1, 0.15) is 17.4 Å². The molecule has 0 saturated carbocycles. The number of benzene rings is 3. The number of carbonyl (C=O) groups excluding carboxylic acids is 2. The lowest BCUT2D eigenvalue weighted by molar-refractivity contribution is -0.152. The van der Waals surface area contributed by atoms with Crippen molar-refractivity contribution in [3.63, 3.8) is 0 Å². The zero-order valence-corrected chi connectivity index (χ0v) is 20.1. The topological polar surface area (TPSA) is 106 Å². The Hall–Kier alpha value is -4.40. The number of nitrogens with zero attached hydrogens (tertiary/aromatic N) is 2. The van der Waals surface area contributed by atoms with Crippen LogP contribution in [0.5, 0.6) is 17.2 Å². The van der Waals surface area contributed by atoms with E-state index in [2.05, 4.69) is 0 Å². The van der Waals surface area contributed by atoms with E-state index in [-0.39, 0.29) is 25.3 Å². The van der Waals surface area contributed by atoms with Crippen LogP contribution in [0.3, 0.4) is 0 Å². The van der Waals surface area contributed by atoms with Crippen LogP contribution in [0.1, 0.15) is 35.6 Å². The maximum absolute atomic E-state index is 13.2. The van der Waals surface area contributed by atoms with Gasteiger partial charge in [0.15, 0.2) is 11.5 Å². The largest absolute Gasteiger partial charge is 0.494 e. The standard InChI is InChI=1S/C28H22N2O7/c1-13(31)37-27-16-10-22-21(35-12-36-22)9-15(16)24(25-17(27)11-34-28(25)32)14-7-20-26(23(8-14)33-2)30-19-6-4-3-5-18(19)29-20/h3-10,17,24-25,27H,11-12H2,1-2H3/t17-,24+,25-,27-/m0/s1. The molecule has 0 amide bonds. The summed E-state index contributed by atoms with van der Waals surface area (Å²) in [7, 11) is 1.59. The number of rotatable bonds is 3. The second-order valence-corrected chi connectivity index (χ2v) is 9.46. The van der Waals surface area contributed by atoms with Crippen molar-refractivity contribution in [3.05, 3.63) is 65.2 Å². The molecule has 4 atom stereocenters. The summed E-state index contributed by atoms with van der Waals surface area (Å²) >= 11 is 0. The highest BCUT2D eigenvalue weighted by atomic mass is 16.7. The normalized spacial score (nSPS) is 23.5. The van der Waals surface area contributed by atoms with E-state index >= 15 is 0 Å². The Balaban J connectivity index is 1.48. The average molecular weight is 498 g/mol. The molecule has 0 N–H and O–H groups in total. The summed E-state index contributed by atoms with van der Waals surface area (Å²) in [6.45, 7) is 1.62. The van der Waals surface area contributed by atoms with Gasteiger partial charge in [-0.05, 0) is 47.5 Å². The van der Waals surface area contributed by atoms with Gasteiger partial charge in [-0.3, -0.25) is 9.59 Å². The molecule has 0 radical (unpaired) electrons. The number of hydrogen-bond acceptors (Lipinski definition) is 9. The van der Waals surface area contributed by atoms with Gasteiger partial charge in [0.2, 0.25) is 6.79 Å². The number of ether oxygens (including phenoxy) is 5. The Labute approximate surface area is 211 Å². The SMILES string of the molecule is COc1cc([C@@H]2c3cc4c(cc3[C@H](OC(C)=O)[C@H]3COC(=O)[C@H]23)OCO4)cc2nc3ccccc3nc12. The van der Waals surface area contributed by atoms with Crippen LogP contribution >= 0.6 is 0 Å². The van der Waals surface area contributed by atoms with E-state index in [1.807, 2.05) is 48.5 Å². The number of esters is 2. The first-order valence-electron chi connectivity index (χ1n) is 12.0. The molecule has 4 aromatic rings. The first-order chi connectivity index (χ1) is 18.0. The average Bonchev–Trinajstić information content (AvgIpc) is 3.52. The van der Waals surface area contributed by atoms with Crippen LogP contribution < -0.4 is 14.2 Å². The van der Waals surface area contributed by atoms with Gasteiger partial charge in [-0.2, -0.15) is 0 Å². The molecule has 1 fully saturated rings. The summed E-state index contributed by atoms with van der Waals surface area (Å²) in [4.78, 5) is 34.9. The van der Waals surface area contributed by atoms with Crippen LogP contribution in [0.4, 0.5) is 0 Å². The minimum Gasteiger partial charge on any atom is -0.494 e. The monoisotopic (exact) mass is 498 g/mol. The highest BCUT2D eigenvalue weighted by molar-refractivity contribution is 5.90. The molecule has 7 rings (SSSR count). The lowest BCUT2D eigenvalue weighted by atomic mass is 9.66. The number of fused-ring (bicyclic) bond motifs is 5. The molecule has 3 aliphatic rings. The van der Waals surface area contributed by atoms with Gasteiger partial charge in [0.25, 0.3) is 0 Å². The van der Waals surface area contributed by atoms with Crippen LogP contribution in [0, 0.1) is 11.8 Å². The lowest BCUT2D eigenvalue weighted by Crippen LogP contribution is -2.36. The van der Waals surface area contributed by atoms with Gasteiger partial charge in [-0.25, -0.2) is 9.97 Å². The van der Waals surface area contributed by atoms with Gasteiger partial charge in [0, 0.05) is 24.3 Å². The molecule has 1 saturated heterocycles. The third-order valence-electron chi connectivity index (χ3n) is 7.42. The fraction of sp³-hybridized carbons (Fsp3) is 0.286. The van der Waals surface area contributed by atoms with Gasteiger partial charge in [0.05, 0.1) is 36.2 Å². The van der Waals surface area contributed by atoms with Crippen molar-refractivity contribution in [2.24, 2.45) is 11.8 Å². The van der Waals surface area contributed by atoms with Gasteiger partial charge in [-0.1, -0.05) is 12.1 Å². The molecule has 0 bridgehead atoms. The van der Waals surface area contributed by atoms with Crippen LogP contribution in [-0.2, 0) is 19.1 Å². The van der Waals surface area contributed by atoms with E-state index in [1.165, 1.54) is 6.92 Å². The molecular weight excluding hydrogens is 476 g/mol. The highest BCUT2D eigenvalue weighted by Crippen LogP contribution is 2.55. The molecule has 1 aliphatic carbocycles. The molecule has 9 nitrogen and oxygen atoms in total. The maximum atomic E-state index is 13.2. The number of hydrogen-bond donors (Lipinski definition) is 0. The van der Waals surface area contributed by atoms with Crippen molar-refractivity contribution in [1.29, 1.82) is 0 Å². The Bertz CT molecular complexity index is 1620. The molecule has 3 aromatic carbocycles. The molecule has 0 unspecified atom stereocenters. The van der Waals surface area contributed by atoms with Crippen molar-refractivity contribution < 1.29 is 33.3 Å². The summed E-state index contributed by atoms with van der Waals surface area (Å²) in [5, 5.41) is 0. The molecule has 37 heavy (non-hydrogen) atoms. The fourth-order valence-corrected chi connectivity index (χ4v) is 5.89. The van der Waals surface area contributed by atoms with Crippen molar-refractivity contribution in [3.8, 4) is 17.2 Å². The predicted octanol–water partition coefficient (Wildman–Crippen LogP) is 4.06. The van der Waals surface area contributed by atoms with E-state index < -0.39 is 23.9 Å². The Kier molecular flexibility index (Phi) is 4.76. The first-order valence-corrected chi connectivity index (χ1v) is 12.0. The van der Waals surface area contributed by atoms with E-state index in [9.17, 15) is 9.59 Å². The lowest BCUT2D eigenvalue weighted by Gasteiger charge is -2.38. The van der Waals surface area contributed by atoms with E-state index in [4.69, 9.17) is 33.7 Å². The maximum Gasteiger partial charge on any atom is 0.310 e. The van der Waals surface area contributed by atoms with Gasteiger partial charge in [-0.15, -0.1) is 0 Å².